The van der Waals surface area contributed by atoms with Crippen LogP contribution in [0.5, 0.6) is 0 Å². The second-order valence-electron chi connectivity index (χ2n) is 5.25. The summed E-state index contributed by atoms with van der Waals surface area (Å²) in [6.07, 6.45) is 1.50. The SMILES string of the molecule is CCOC1CCN(C(O)OC(C)(C)C)CC1. The Morgan fingerprint density at radius 2 is 1.88 bits per heavy atom. The van der Waals surface area contributed by atoms with Crippen molar-refractivity contribution in [3.8, 4) is 0 Å². The van der Waals surface area contributed by atoms with Crippen LogP contribution in [0.4, 0.5) is 0 Å². The minimum absolute atomic E-state index is 0.309. The Hall–Kier alpha value is -0.160. The molecule has 1 rings (SSSR count). The molecule has 0 radical (unpaired) electrons. The molecule has 1 saturated heterocycles. The maximum atomic E-state index is 9.89. The predicted octanol–water partition coefficient (Wildman–Crippen LogP) is 1.58. The number of piperidine rings is 1. The van der Waals surface area contributed by atoms with E-state index in [1.165, 1.54) is 0 Å². The molecule has 0 spiro atoms. The van der Waals surface area contributed by atoms with E-state index in [9.17, 15) is 5.11 Å². The monoisotopic (exact) mass is 231 g/mol. The summed E-state index contributed by atoms with van der Waals surface area (Å²) in [5.74, 6) is 0. The standard InChI is InChI=1S/C12H25NO3/c1-5-15-10-6-8-13(9-7-10)11(14)16-12(2,3)4/h10-11,14H,5-9H2,1-4H3. The van der Waals surface area contributed by atoms with E-state index in [1.54, 1.807) is 0 Å². The molecule has 0 amide bonds. The molecule has 1 fully saturated rings. The Morgan fingerprint density at radius 3 is 2.31 bits per heavy atom. The van der Waals surface area contributed by atoms with Crippen molar-refractivity contribution in [2.75, 3.05) is 19.7 Å². The van der Waals surface area contributed by atoms with Crippen LogP contribution < -0.4 is 0 Å². The number of nitrogens with zero attached hydrogens (tertiary/aromatic N) is 1. The number of likely N-dealkylation sites (tertiary alicyclic amines) is 1. The van der Waals surface area contributed by atoms with E-state index in [-0.39, 0.29) is 5.60 Å². The molecule has 0 bridgehead atoms. The topological polar surface area (TPSA) is 41.9 Å². The van der Waals surface area contributed by atoms with Crippen molar-refractivity contribution >= 4 is 0 Å². The van der Waals surface area contributed by atoms with Gasteiger partial charge in [0.2, 0.25) is 6.41 Å². The summed E-state index contributed by atoms with van der Waals surface area (Å²) in [7, 11) is 0. The maximum Gasteiger partial charge on any atom is 0.216 e. The smallest absolute Gasteiger partial charge is 0.216 e. The molecule has 1 aliphatic heterocycles. The Labute approximate surface area is 98.5 Å². The van der Waals surface area contributed by atoms with E-state index >= 15 is 0 Å². The van der Waals surface area contributed by atoms with E-state index in [1.807, 2.05) is 32.6 Å². The van der Waals surface area contributed by atoms with Gasteiger partial charge in [0.1, 0.15) is 0 Å². The van der Waals surface area contributed by atoms with Crippen LogP contribution in [-0.4, -0.2) is 47.8 Å². The van der Waals surface area contributed by atoms with Gasteiger partial charge in [-0.05, 0) is 40.5 Å². The van der Waals surface area contributed by atoms with Crippen molar-refractivity contribution < 1.29 is 14.6 Å². The minimum Gasteiger partial charge on any atom is -0.378 e. The van der Waals surface area contributed by atoms with Crippen LogP contribution >= 0.6 is 0 Å². The van der Waals surface area contributed by atoms with E-state index in [0.717, 1.165) is 32.5 Å². The number of aliphatic hydroxyl groups is 1. The summed E-state index contributed by atoms with van der Waals surface area (Å²) in [5, 5.41) is 9.89. The largest absolute Gasteiger partial charge is 0.378 e. The van der Waals surface area contributed by atoms with Crippen LogP contribution in [0.1, 0.15) is 40.5 Å². The lowest BCUT2D eigenvalue weighted by Crippen LogP contribution is -2.47. The summed E-state index contributed by atoms with van der Waals surface area (Å²) in [6, 6.07) is 0. The summed E-state index contributed by atoms with van der Waals surface area (Å²) in [4.78, 5) is 1.96. The summed E-state index contributed by atoms with van der Waals surface area (Å²) >= 11 is 0. The van der Waals surface area contributed by atoms with Gasteiger partial charge >= 0.3 is 0 Å². The highest BCUT2D eigenvalue weighted by molar-refractivity contribution is 4.73. The third-order valence-electron chi connectivity index (χ3n) is 2.65. The second-order valence-corrected chi connectivity index (χ2v) is 5.25. The summed E-state index contributed by atoms with van der Waals surface area (Å²) < 4.78 is 11.1. The third-order valence-corrected chi connectivity index (χ3v) is 2.65. The predicted molar refractivity (Wildman–Crippen MR) is 63.1 cm³/mol. The van der Waals surface area contributed by atoms with Crippen molar-refractivity contribution in [1.29, 1.82) is 0 Å². The van der Waals surface area contributed by atoms with Crippen LogP contribution in [0.2, 0.25) is 0 Å². The fraction of sp³-hybridized carbons (Fsp3) is 1.00. The van der Waals surface area contributed by atoms with Crippen molar-refractivity contribution in [3.63, 3.8) is 0 Å². The highest BCUT2D eigenvalue weighted by Crippen LogP contribution is 2.18. The molecule has 1 N–H and O–H groups in total. The van der Waals surface area contributed by atoms with Crippen LogP contribution in [0.15, 0.2) is 0 Å². The molecule has 4 heteroatoms. The van der Waals surface area contributed by atoms with Crippen LogP contribution in [0.3, 0.4) is 0 Å². The summed E-state index contributed by atoms with van der Waals surface area (Å²) in [6.45, 7) is 10.3. The molecule has 96 valence electrons. The zero-order valence-electron chi connectivity index (χ0n) is 10.9. The Kier molecular flexibility index (Phi) is 5.18. The van der Waals surface area contributed by atoms with Crippen molar-refractivity contribution in [3.05, 3.63) is 0 Å². The second kappa shape index (κ2) is 5.96. The molecule has 0 aromatic rings. The number of aliphatic hydroxyl groups excluding tert-OH is 1. The van der Waals surface area contributed by atoms with Crippen LogP contribution in [0, 0.1) is 0 Å². The van der Waals surface area contributed by atoms with Gasteiger partial charge in [-0.3, -0.25) is 4.90 Å². The lowest BCUT2D eigenvalue weighted by Gasteiger charge is -2.37. The molecule has 1 unspecified atom stereocenters. The number of hydrogen-bond acceptors (Lipinski definition) is 4. The first-order chi connectivity index (χ1) is 7.42. The highest BCUT2D eigenvalue weighted by Gasteiger charge is 2.27. The zero-order valence-corrected chi connectivity index (χ0v) is 10.9. The highest BCUT2D eigenvalue weighted by atomic mass is 16.6. The van der Waals surface area contributed by atoms with E-state index in [0.29, 0.717) is 6.10 Å². The van der Waals surface area contributed by atoms with E-state index in [4.69, 9.17) is 9.47 Å². The van der Waals surface area contributed by atoms with Gasteiger partial charge < -0.3 is 14.6 Å². The average Bonchev–Trinajstić information content (AvgIpc) is 2.16. The molecular formula is C12H25NO3. The Bertz CT molecular complexity index is 195. The van der Waals surface area contributed by atoms with Gasteiger partial charge in [-0.15, -0.1) is 0 Å². The van der Waals surface area contributed by atoms with Crippen molar-refractivity contribution in [2.45, 2.75) is 58.7 Å². The molecule has 4 nitrogen and oxygen atoms in total. The molecule has 0 aromatic heterocycles. The third kappa shape index (κ3) is 4.78. The maximum absolute atomic E-state index is 9.89. The average molecular weight is 231 g/mol. The first-order valence-electron chi connectivity index (χ1n) is 6.14. The normalized spacial score (nSPS) is 22.3. The molecule has 16 heavy (non-hydrogen) atoms. The lowest BCUT2D eigenvalue weighted by atomic mass is 10.1. The van der Waals surface area contributed by atoms with E-state index < -0.39 is 6.41 Å². The zero-order chi connectivity index (χ0) is 12.2. The molecular weight excluding hydrogens is 206 g/mol. The first-order valence-corrected chi connectivity index (χ1v) is 6.14. The van der Waals surface area contributed by atoms with E-state index in [2.05, 4.69) is 0 Å². The number of ether oxygens (including phenoxy) is 2. The minimum atomic E-state index is -0.789. The fourth-order valence-electron chi connectivity index (χ4n) is 1.89. The molecule has 1 heterocycles. The Balaban J connectivity index is 2.30. The molecule has 0 aromatic carbocycles. The van der Waals surface area contributed by atoms with Crippen LogP contribution in [0.25, 0.3) is 0 Å². The molecule has 0 aliphatic carbocycles. The van der Waals surface area contributed by atoms with Crippen molar-refractivity contribution in [2.24, 2.45) is 0 Å². The Morgan fingerprint density at radius 1 is 1.31 bits per heavy atom. The van der Waals surface area contributed by atoms with Gasteiger partial charge in [-0.1, -0.05) is 0 Å². The quantitative estimate of drug-likeness (QED) is 0.746. The van der Waals surface area contributed by atoms with Gasteiger partial charge in [-0.25, -0.2) is 0 Å². The molecule has 0 saturated carbocycles. The number of hydrogen-bond donors (Lipinski definition) is 1. The first kappa shape index (κ1) is 13.9. The fourth-order valence-corrected chi connectivity index (χ4v) is 1.89. The lowest BCUT2D eigenvalue weighted by molar-refractivity contribution is -0.245. The summed E-state index contributed by atoms with van der Waals surface area (Å²) in [5.41, 5.74) is -0.309. The van der Waals surface area contributed by atoms with Gasteiger partial charge in [0.25, 0.3) is 0 Å². The van der Waals surface area contributed by atoms with Crippen LogP contribution in [-0.2, 0) is 9.47 Å². The van der Waals surface area contributed by atoms with Gasteiger partial charge in [0.15, 0.2) is 0 Å². The van der Waals surface area contributed by atoms with Gasteiger partial charge in [-0.2, -0.15) is 0 Å². The molecule has 1 atom stereocenters. The van der Waals surface area contributed by atoms with Gasteiger partial charge in [0, 0.05) is 19.7 Å². The molecule has 1 aliphatic rings. The van der Waals surface area contributed by atoms with Crippen molar-refractivity contribution in [1.82, 2.24) is 4.90 Å². The number of rotatable bonds is 4. The van der Waals surface area contributed by atoms with Gasteiger partial charge in [0.05, 0.1) is 11.7 Å².